The Morgan fingerprint density at radius 3 is 2.70 bits per heavy atom. The van der Waals surface area contributed by atoms with Gasteiger partial charge in [0, 0.05) is 6.54 Å². The topological polar surface area (TPSA) is 102 Å². The van der Waals surface area contributed by atoms with Crippen molar-refractivity contribution in [2.75, 3.05) is 11.9 Å². The van der Waals surface area contributed by atoms with Crippen LogP contribution in [0, 0.1) is 24.2 Å². The van der Waals surface area contributed by atoms with Crippen molar-refractivity contribution in [2.24, 2.45) is 5.92 Å². The number of aryl methyl sites for hydroxylation is 1. The van der Waals surface area contributed by atoms with Crippen LogP contribution in [-0.4, -0.2) is 23.7 Å². The average molecular weight is 275 g/mol. The van der Waals surface area contributed by atoms with E-state index in [1.807, 2.05) is 6.07 Å². The zero-order valence-corrected chi connectivity index (χ0v) is 11.4. The number of nitrogens with zero attached hydrogens (tertiary/aromatic N) is 1. The third-order valence-electron chi connectivity index (χ3n) is 2.98. The lowest BCUT2D eigenvalue weighted by Crippen LogP contribution is -2.35. The lowest BCUT2D eigenvalue weighted by molar-refractivity contribution is -0.141. The van der Waals surface area contributed by atoms with Gasteiger partial charge < -0.3 is 15.7 Å². The Hall–Kier alpha value is -2.55. The summed E-state index contributed by atoms with van der Waals surface area (Å²) in [6.45, 7) is 3.57. The van der Waals surface area contributed by atoms with E-state index in [0.717, 1.165) is 5.56 Å². The SMILES string of the molecule is CCC(CNC(=O)Nc1cccc(C)c1C#N)C(=O)O. The van der Waals surface area contributed by atoms with E-state index in [9.17, 15) is 9.59 Å². The van der Waals surface area contributed by atoms with Crippen molar-refractivity contribution in [3.8, 4) is 6.07 Å². The highest BCUT2D eigenvalue weighted by molar-refractivity contribution is 5.91. The number of hydrogen-bond acceptors (Lipinski definition) is 3. The van der Waals surface area contributed by atoms with Crippen molar-refractivity contribution in [2.45, 2.75) is 20.3 Å². The summed E-state index contributed by atoms with van der Waals surface area (Å²) in [4.78, 5) is 22.5. The van der Waals surface area contributed by atoms with Gasteiger partial charge in [-0.3, -0.25) is 4.79 Å². The quantitative estimate of drug-likeness (QED) is 0.765. The number of hydrogen-bond donors (Lipinski definition) is 3. The van der Waals surface area contributed by atoms with Crippen molar-refractivity contribution in [3.63, 3.8) is 0 Å². The zero-order chi connectivity index (χ0) is 15.1. The standard InChI is InChI=1S/C14H17N3O3/c1-3-10(13(18)19)8-16-14(20)17-12-6-4-5-9(2)11(12)7-15/h4-6,10H,3,8H2,1-2H3,(H,18,19)(H2,16,17,20). The molecule has 20 heavy (non-hydrogen) atoms. The van der Waals surface area contributed by atoms with E-state index in [2.05, 4.69) is 10.6 Å². The molecule has 0 spiro atoms. The number of carbonyl (C=O) groups is 2. The Kier molecular flexibility index (Phi) is 5.54. The van der Waals surface area contributed by atoms with Crippen molar-refractivity contribution in [3.05, 3.63) is 29.3 Å². The molecule has 0 saturated heterocycles. The van der Waals surface area contributed by atoms with Crippen LogP contribution >= 0.6 is 0 Å². The highest BCUT2D eigenvalue weighted by atomic mass is 16.4. The first kappa shape index (κ1) is 15.5. The van der Waals surface area contributed by atoms with E-state index in [1.54, 1.807) is 32.0 Å². The second-order valence-electron chi connectivity index (χ2n) is 4.39. The molecule has 0 radical (unpaired) electrons. The molecule has 0 aliphatic carbocycles. The lowest BCUT2D eigenvalue weighted by Gasteiger charge is -2.13. The van der Waals surface area contributed by atoms with E-state index in [0.29, 0.717) is 17.7 Å². The van der Waals surface area contributed by atoms with Crippen LogP contribution in [0.1, 0.15) is 24.5 Å². The Labute approximate surface area is 117 Å². The van der Waals surface area contributed by atoms with E-state index in [4.69, 9.17) is 10.4 Å². The molecule has 0 aromatic heterocycles. The fraction of sp³-hybridized carbons (Fsp3) is 0.357. The molecule has 0 bridgehead atoms. The number of nitrogens with one attached hydrogen (secondary N) is 2. The lowest BCUT2D eigenvalue weighted by atomic mass is 10.1. The summed E-state index contributed by atoms with van der Waals surface area (Å²) in [5, 5.41) is 23.0. The molecule has 0 fully saturated rings. The summed E-state index contributed by atoms with van der Waals surface area (Å²) in [6, 6.07) is 6.64. The third-order valence-corrected chi connectivity index (χ3v) is 2.98. The fourth-order valence-corrected chi connectivity index (χ4v) is 1.71. The minimum Gasteiger partial charge on any atom is -0.481 e. The molecular formula is C14H17N3O3. The van der Waals surface area contributed by atoms with Crippen molar-refractivity contribution in [1.82, 2.24) is 5.32 Å². The minimum atomic E-state index is -0.943. The van der Waals surface area contributed by atoms with Crippen LogP contribution in [0.15, 0.2) is 18.2 Å². The second-order valence-corrected chi connectivity index (χ2v) is 4.39. The fourth-order valence-electron chi connectivity index (χ4n) is 1.71. The molecule has 0 aliphatic rings. The van der Waals surface area contributed by atoms with E-state index >= 15 is 0 Å². The Bertz CT molecular complexity index is 549. The molecule has 1 unspecified atom stereocenters. The molecule has 0 aliphatic heterocycles. The molecule has 2 amide bonds. The van der Waals surface area contributed by atoms with Crippen LogP contribution in [0.5, 0.6) is 0 Å². The monoisotopic (exact) mass is 275 g/mol. The van der Waals surface area contributed by atoms with Gasteiger partial charge in [-0.05, 0) is 25.0 Å². The second kappa shape index (κ2) is 7.14. The molecule has 1 rings (SSSR count). The average Bonchev–Trinajstić information content (AvgIpc) is 2.39. The number of urea groups is 1. The third kappa shape index (κ3) is 3.99. The first-order chi connectivity index (χ1) is 9.49. The molecule has 6 heteroatoms. The largest absolute Gasteiger partial charge is 0.481 e. The maximum absolute atomic E-state index is 11.7. The first-order valence-electron chi connectivity index (χ1n) is 6.27. The van der Waals surface area contributed by atoms with E-state index < -0.39 is 17.9 Å². The molecule has 0 heterocycles. The maximum atomic E-state index is 11.7. The van der Waals surface area contributed by atoms with Gasteiger partial charge in [-0.2, -0.15) is 5.26 Å². The van der Waals surface area contributed by atoms with Crippen LogP contribution in [-0.2, 0) is 4.79 Å². The summed E-state index contributed by atoms with van der Waals surface area (Å²) in [7, 11) is 0. The summed E-state index contributed by atoms with van der Waals surface area (Å²) in [6.07, 6.45) is 0.434. The van der Waals surface area contributed by atoms with Gasteiger partial charge in [-0.15, -0.1) is 0 Å². The number of nitriles is 1. The van der Waals surface area contributed by atoms with Crippen LogP contribution < -0.4 is 10.6 Å². The smallest absolute Gasteiger partial charge is 0.319 e. The van der Waals surface area contributed by atoms with Gasteiger partial charge >= 0.3 is 12.0 Å². The molecule has 106 valence electrons. The molecule has 1 aromatic rings. The molecular weight excluding hydrogens is 258 g/mol. The van der Waals surface area contributed by atoms with Gasteiger partial charge in [0.25, 0.3) is 0 Å². The Balaban J connectivity index is 2.66. The maximum Gasteiger partial charge on any atom is 0.319 e. The van der Waals surface area contributed by atoms with Crippen molar-refractivity contribution < 1.29 is 14.7 Å². The number of aliphatic carboxylic acids is 1. The minimum absolute atomic E-state index is 0.0470. The number of anilines is 1. The predicted molar refractivity (Wildman–Crippen MR) is 74.3 cm³/mol. The van der Waals surface area contributed by atoms with Gasteiger partial charge in [-0.1, -0.05) is 19.1 Å². The van der Waals surface area contributed by atoms with Gasteiger partial charge in [-0.25, -0.2) is 4.79 Å². The molecule has 1 atom stereocenters. The first-order valence-corrected chi connectivity index (χ1v) is 6.27. The summed E-state index contributed by atoms with van der Waals surface area (Å²) in [5.41, 5.74) is 1.57. The number of carboxylic acids is 1. The molecule has 3 N–H and O–H groups in total. The number of carboxylic acid groups (broad SMARTS) is 1. The van der Waals surface area contributed by atoms with Crippen molar-refractivity contribution >= 4 is 17.7 Å². The highest BCUT2D eigenvalue weighted by Crippen LogP contribution is 2.18. The van der Waals surface area contributed by atoms with Gasteiger partial charge in [0.1, 0.15) is 6.07 Å². The Morgan fingerprint density at radius 2 is 2.15 bits per heavy atom. The molecule has 6 nitrogen and oxygen atoms in total. The highest BCUT2D eigenvalue weighted by Gasteiger charge is 2.16. The van der Waals surface area contributed by atoms with Crippen LogP contribution in [0.3, 0.4) is 0 Å². The molecule has 1 aromatic carbocycles. The van der Waals surface area contributed by atoms with E-state index in [-0.39, 0.29) is 6.54 Å². The summed E-state index contributed by atoms with van der Waals surface area (Å²) >= 11 is 0. The normalized spacial score (nSPS) is 11.2. The molecule has 0 saturated carbocycles. The summed E-state index contributed by atoms with van der Waals surface area (Å²) in [5.74, 6) is -1.56. The zero-order valence-electron chi connectivity index (χ0n) is 11.4. The van der Waals surface area contributed by atoms with Crippen LogP contribution in [0.4, 0.5) is 10.5 Å². The van der Waals surface area contributed by atoms with Gasteiger partial charge in [0.2, 0.25) is 0 Å². The number of benzene rings is 1. The number of carbonyl (C=O) groups excluding carboxylic acids is 1. The number of amides is 2. The van der Waals surface area contributed by atoms with Gasteiger partial charge in [0.05, 0.1) is 17.2 Å². The van der Waals surface area contributed by atoms with E-state index in [1.165, 1.54) is 0 Å². The van der Waals surface area contributed by atoms with Crippen LogP contribution in [0.25, 0.3) is 0 Å². The van der Waals surface area contributed by atoms with Gasteiger partial charge in [0.15, 0.2) is 0 Å². The predicted octanol–water partition coefficient (Wildman–Crippen LogP) is 2.10. The van der Waals surface area contributed by atoms with Crippen molar-refractivity contribution in [1.29, 1.82) is 5.26 Å². The number of rotatable bonds is 5. The summed E-state index contributed by atoms with van der Waals surface area (Å²) < 4.78 is 0. The van der Waals surface area contributed by atoms with Crippen LogP contribution in [0.2, 0.25) is 0 Å². The Morgan fingerprint density at radius 1 is 1.45 bits per heavy atom.